The number of nitro groups is 1. The number of anilines is 1. The smallest absolute Gasteiger partial charge is 0.326 e. The summed E-state index contributed by atoms with van der Waals surface area (Å²) in [7, 11) is 0. The number of carbonyl (C=O) groups is 2. The van der Waals surface area contributed by atoms with Gasteiger partial charge in [-0.15, -0.1) is 0 Å². The number of benzene rings is 1. The zero-order chi connectivity index (χ0) is 16.4. The molecule has 0 atom stereocenters. The molecule has 1 aromatic rings. The van der Waals surface area contributed by atoms with Crippen LogP contribution in [0.25, 0.3) is 6.08 Å². The molecular weight excluding hydrogens is 304 g/mol. The molecule has 9 heteroatoms. The molecule has 120 valence electrons. The second-order valence-corrected chi connectivity index (χ2v) is 5.07. The van der Waals surface area contributed by atoms with E-state index < -0.39 is 16.9 Å². The highest BCUT2D eigenvalue weighted by molar-refractivity contribution is 6.14. The third kappa shape index (κ3) is 3.14. The number of nitrogens with zero attached hydrogens (tertiary/aromatic N) is 2. The van der Waals surface area contributed by atoms with Gasteiger partial charge in [-0.25, -0.2) is 4.79 Å². The van der Waals surface area contributed by atoms with Gasteiger partial charge in [0.1, 0.15) is 11.4 Å². The van der Waals surface area contributed by atoms with E-state index in [1.54, 1.807) is 12.1 Å². The van der Waals surface area contributed by atoms with E-state index in [9.17, 15) is 19.7 Å². The summed E-state index contributed by atoms with van der Waals surface area (Å²) in [5.74, 6) is -0.560. The summed E-state index contributed by atoms with van der Waals surface area (Å²) >= 11 is 0. The fourth-order valence-corrected chi connectivity index (χ4v) is 2.50. The number of ether oxygens (including phenoxy) is 1. The molecule has 2 fully saturated rings. The normalized spacial score (nSPS) is 19.7. The first kappa shape index (κ1) is 15.0. The molecule has 0 spiro atoms. The Morgan fingerprint density at radius 3 is 2.57 bits per heavy atom. The first-order valence-corrected chi connectivity index (χ1v) is 7.00. The third-order valence-electron chi connectivity index (χ3n) is 3.58. The van der Waals surface area contributed by atoms with Gasteiger partial charge in [0.15, 0.2) is 0 Å². The van der Waals surface area contributed by atoms with Crippen molar-refractivity contribution in [3.63, 3.8) is 0 Å². The van der Waals surface area contributed by atoms with Crippen LogP contribution in [0.4, 0.5) is 16.2 Å². The maximum absolute atomic E-state index is 11.5. The minimum absolute atomic E-state index is 0.0500. The Kier molecular flexibility index (Phi) is 3.94. The first-order valence-electron chi connectivity index (χ1n) is 7.00. The fourth-order valence-electron chi connectivity index (χ4n) is 2.50. The summed E-state index contributed by atoms with van der Waals surface area (Å²) in [5.41, 5.74) is 0.982. The van der Waals surface area contributed by atoms with Crippen molar-refractivity contribution in [2.24, 2.45) is 0 Å². The van der Waals surface area contributed by atoms with Crippen molar-refractivity contribution in [2.75, 3.05) is 31.2 Å². The number of nitrogens with one attached hydrogen (secondary N) is 2. The molecule has 0 bridgehead atoms. The molecule has 9 nitrogen and oxygen atoms in total. The first-order chi connectivity index (χ1) is 11.0. The van der Waals surface area contributed by atoms with Crippen molar-refractivity contribution in [3.8, 4) is 0 Å². The molecule has 2 N–H and O–H groups in total. The van der Waals surface area contributed by atoms with Gasteiger partial charge < -0.3 is 15.0 Å². The van der Waals surface area contributed by atoms with Crippen molar-refractivity contribution in [2.45, 2.75) is 0 Å². The molecule has 2 aliphatic rings. The lowest BCUT2D eigenvalue weighted by Crippen LogP contribution is -2.36. The number of nitro benzene ring substituents is 1. The van der Waals surface area contributed by atoms with Gasteiger partial charge in [0, 0.05) is 19.2 Å². The second-order valence-electron chi connectivity index (χ2n) is 5.07. The summed E-state index contributed by atoms with van der Waals surface area (Å²) in [4.78, 5) is 35.4. The van der Waals surface area contributed by atoms with E-state index in [4.69, 9.17) is 4.74 Å². The van der Waals surface area contributed by atoms with Crippen LogP contribution in [0.15, 0.2) is 23.9 Å². The zero-order valence-electron chi connectivity index (χ0n) is 12.1. The highest BCUT2D eigenvalue weighted by Gasteiger charge is 2.24. The van der Waals surface area contributed by atoms with Crippen molar-refractivity contribution in [1.29, 1.82) is 0 Å². The van der Waals surface area contributed by atoms with E-state index in [0.29, 0.717) is 37.6 Å². The molecule has 23 heavy (non-hydrogen) atoms. The van der Waals surface area contributed by atoms with E-state index in [2.05, 4.69) is 10.6 Å². The Morgan fingerprint density at radius 2 is 1.96 bits per heavy atom. The summed E-state index contributed by atoms with van der Waals surface area (Å²) in [6.07, 6.45) is 1.40. The molecule has 3 amide bonds. The number of carbonyl (C=O) groups excluding carboxylic acids is 2. The minimum Gasteiger partial charge on any atom is -0.378 e. The Labute approximate surface area is 131 Å². The monoisotopic (exact) mass is 318 g/mol. The Hall–Kier alpha value is -2.94. The SMILES string of the molecule is O=C1NC(=O)C(=Cc2ccc(N3CCOCC3)c([N+](=O)[O-])c2)N1. The average molecular weight is 318 g/mol. The summed E-state index contributed by atoms with van der Waals surface area (Å²) in [6, 6.07) is 4.09. The van der Waals surface area contributed by atoms with E-state index in [0.717, 1.165) is 0 Å². The summed E-state index contributed by atoms with van der Waals surface area (Å²) in [5, 5.41) is 15.8. The van der Waals surface area contributed by atoms with Crippen LogP contribution in [0, 0.1) is 10.1 Å². The Morgan fingerprint density at radius 1 is 1.22 bits per heavy atom. The van der Waals surface area contributed by atoms with Crippen LogP contribution in [0.1, 0.15) is 5.56 Å². The number of hydrogen-bond donors (Lipinski definition) is 2. The minimum atomic E-state index is -0.610. The van der Waals surface area contributed by atoms with Gasteiger partial charge in [0.25, 0.3) is 11.6 Å². The number of amides is 3. The fraction of sp³-hybridized carbons (Fsp3) is 0.286. The predicted octanol–water partition coefficient (Wildman–Crippen LogP) is 0.612. The largest absolute Gasteiger partial charge is 0.378 e. The molecule has 2 saturated heterocycles. The number of hydrogen-bond acceptors (Lipinski definition) is 6. The molecule has 0 saturated carbocycles. The lowest BCUT2D eigenvalue weighted by molar-refractivity contribution is -0.384. The van der Waals surface area contributed by atoms with Gasteiger partial charge >= 0.3 is 6.03 Å². The van der Waals surface area contributed by atoms with Crippen molar-refractivity contribution < 1.29 is 19.2 Å². The lowest BCUT2D eigenvalue weighted by atomic mass is 10.1. The second kappa shape index (κ2) is 6.05. The lowest BCUT2D eigenvalue weighted by Gasteiger charge is -2.28. The highest BCUT2D eigenvalue weighted by atomic mass is 16.6. The number of morpholine rings is 1. The summed E-state index contributed by atoms with van der Waals surface area (Å²) in [6.45, 7) is 2.21. The average Bonchev–Trinajstić information content (AvgIpc) is 2.85. The van der Waals surface area contributed by atoms with Gasteiger partial charge in [0.2, 0.25) is 0 Å². The Balaban J connectivity index is 1.93. The Bertz CT molecular complexity index is 709. The highest BCUT2D eigenvalue weighted by Crippen LogP contribution is 2.30. The van der Waals surface area contributed by atoms with Crippen LogP contribution >= 0.6 is 0 Å². The molecule has 0 radical (unpaired) electrons. The zero-order valence-corrected chi connectivity index (χ0v) is 12.1. The maximum atomic E-state index is 11.5. The van der Waals surface area contributed by atoms with E-state index >= 15 is 0 Å². The van der Waals surface area contributed by atoms with E-state index in [1.165, 1.54) is 12.1 Å². The van der Waals surface area contributed by atoms with Crippen LogP contribution in [-0.4, -0.2) is 43.2 Å². The number of rotatable bonds is 3. The van der Waals surface area contributed by atoms with Crippen LogP contribution < -0.4 is 15.5 Å². The molecule has 0 aromatic heterocycles. The van der Waals surface area contributed by atoms with Crippen LogP contribution in [0.3, 0.4) is 0 Å². The van der Waals surface area contributed by atoms with Crippen LogP contribution in [0.2, 0.25) is 0 Å². The van der Waals surface area contributed by atoms with E-state index in [1.807, 2.05) is 4.90 Å². The topological polar surface area (TPSA) is 114 Å². The van der Waals surface area contributed by atoms with Crippen molar-refractivity contribution in [1.82, 2.24) is 10.6 Å². The predicted molar refractivity (Wildman–Crippen MR) is 80.8 cm³/mol. The van der Waals surface area contributed by atoms with Gasteiger partial charge in [-0.2, -0.15) is 0 Å². The molecule has 1 aromatic carbocycles. The third-order valence-corrected chi connectivity index (χ3v) is 3.58. The summed E-state index contributed by atoms with van der Waals surface area (Å²) < 4.78 is 5.25. The van der Waals surface area contributed by atoms with Gasteiger partial charge in [-0.1, -0.05) is 6.07 Å². The molecule has 0 aliphatic carbocycles. The quantitative estimate of drug-likeness (QED) is 0.365. The van der Waals surface area contributed by atoms with Crippen LogP contribution in [0.5, 0.6) is 0 Å². The van der Waals surface area contributed by atoms with Gasteiger partial charge in [-0.3, -0.25) is 20.2 Å². The van der Waals surface area contributed by atoms with Crippen LogP contribution in [-0.2, 0) is 9.53 Å². The molecule has 2 heterocycles. The standard InChI is InChI=1S/C14H14N4O5/c19-13-10(15-14(20)16-13)7-9-1-2-11(12(8-9)18(21)22)17-3-5-23-6-4-17/h1-2,7-8H,3-6H2,(H2,15,16,19,20). The number of imide groups is 1. The molecule has 3 rings (SSSR count). The van der Waals surface area contributed by atoms with Crippen molar-refractivity contribution in [3.05, 3.63) is 39.6 Å². The molecule has 2 aliphatic heterocycles. The molecular formula is C14H14N4O5. The van der Waals surface area contributed by atoms with E-state index in [-0.39, 0.29) is 11.4 Å². The van der Waals surface area contributed by atoms with Crippen molar-refractivity contribution >= 4 is 29.4 Å². The van der Waals surface area contributed by atoms with Gasteiger partial charge in [0.05, 0.1) is 18.1 Å². The van der Waals surface area contributed by atoms with Gasteiger partial charge in [-0.05, 0) is 17.7 Å². The molecule has 0 unspecified atom stereocenters. The number of urea groups is 1. The maximum Gasteiger partial charge on any atom is 0.326 e.